The largest absolute Gasteiger partial charge is 0.250 e. The van der Waals surface area contributed by atoms with Gasteiger partial charge in [0.05, 0.1) is 6.57 Å². The number of alkyl halides is 18. The van der Waals surface area contributed by atoms with Gasteiger partial charge in [0.1, 0.15) is 0 Å². The number of aromatic nitrogens is 9. The van der Waals surface area contributed by atoms with Crippen LogP contribution in [0.5, 0.6) is 0 Å². The maximum atomic E-state index is 6.93. The lowest BCUT2D eigenvalue weighted by Crippen LogP contribution is -2.16. The first-order valence-electron chi connectivity index (χ1n) is 16.2. The molecule has 0 spiro atoms. The fourth-order valence-corrected chi connectivity index (χ4v) is 5.77. The molecule has 0 aliphatic rings. The second-order valence-electron chi connectivity index (χ2n) is 11.8. The third-order valence-corrected chi connectivity index (χ3v) is 10.1. The molecular weight excluding hydrogens is 1200 g/mol. The zero-order valence-electron chi connectivity index (χ0n) is 30.3. The summed E-state index contributed by atoms with van der Waals surface area (Å²) in [5.74, 6) is -0.115. The molecule has 3 aromatic heterocycles. The molecule has 3 aromatic carbocycles. The fourth-order valence-electron chi connectivity index (χ4n) is 4.25. The zero-order valence-corrected chi connectivity index (χ0v) is 43.9. The van der Waals surface area contributed by atoms with Crippen molar-refractivity contribution in [2.45, 2.75) is 29.7 Å². The molecule has 3 heterocycles. The third kappa shape index (κ3) is 16.8. The van der Waals surface area contributed by atoms with Crippen molar-refractivity contribution >= 4 is 215 Å². The Morgan fingerprint density at radius 3 is 0.810 bits per heavy atom. The first-order valence-corrected chi connectivity index (χ1v) is 23.0. The summed E-state index contributed by atoms with van der Waals surface area (Å²) in [4.78, 5) is 39.5. The lowest BCUT2D eigenvalue weighted by molar-refractivity contribution is 0.851. The summed E-state index contributed by atoms with van der Waals surface area (Å²) < 4.78 is -11.2. The van der Waals surface area contributed by atoms with E-state index in [1.807, 2.05) is 49.4 Å². The van der Waals surface area contributed by atoms with Crippen molar-refractivity contribution in [2.75, 3.05) is 0 Å². The summed E-state index contributed by atoms with van der Waals surface area (Å²) >= 11 is 104. The molecule has 332 valence electrons. The molecule has 0 radical (unpaired) electrons. The van der Waals surface area contributed by atoms with E-state index in [0.29, 0.717) is 22.4 Å². The summed E-state index contributed by atoms with van der Waals surface area (Å²) in [6, 6.07) is 22.9. The zero-order chi connectivity index (χ0) is 47.3. The smallest absolute Gasteiger partial charge is 0.238 e. The Labute approximate surface area is 449 Å². The SMILES string of the molecule is Cc1ccc(-c2nc(C(Cl)(Cl)Cl)nc(C(Cl)(Cl)Cl)n2)cc1.ClC(Cl)(Cl)c1nc(-c2ccccc2)nc(C(Cl)(Cl)Cl)n1.[C-]#[N+]c1ccc(-c2nc(C(Cl)(Cl)Cl)nc(C(Cl)(Cl)Cl)n2)cc1. The minimum Gasteiger partial charge on any atom is -0.238 e. The molecule has 0 saturated heterocycles. The van der Waals surface area contributed by atoms with Gasteiger partial charge in [-0.25, -0.2) is 49.7 Å². The number of hydrogen-bond acceptors (Lipinski definition) is 9. The minimum absolute atomic E-state index is 0.112. The molecule has 63 heavy (non-hydrogen) atoms. The van der Waals surface area contributed by atoms with Gasteiger partial charge in [-0.1, -0.05) is 293 Å². The van der Waals surface area contributed by atoms with E-state index in [0.717, 1.165) is 5.56 Å². The van der Waals surface area contributed by atoms with E-state index in [-0.39, 0.29) is 52.4 Å². The monoisotopic (exact) mass is 1210 g/mol. The van der Waals surface area contributed by atoms with Gasteiger partial charge in [-0.3, -0.25) is 0 Å². The normalized spacial score (nSPS) is 12.3. The van der Waals surface area contributed by atoms with E-state index in [1.165, 1.54) is 0 Å². The van der Waals surface area contributed by atoms with Gasteiger partial charge in [0.15, 0.2) is 58.1 Å². The van der Waals surface area contributed by atoms with Gasteiger partial charge in [-0.2, -0.15) is 0 Å². The van der Waals surface area contributed by atoms with Crippen molar-refractivity contribution in [2.24, 2.45) is 0 Å². The molecule has 0 bridgehead atoms. The molecule has 10 nitrogen and oxygen atoms in total. The maximum Gasteiger partial charge on any atom is 0.250 e. The molecule has 0 fully saturated rings. The predicted octanol–water partition coefficient (Wildman–Crippen LogP) is 16.4. The van der Waals surface area contributed by atoms with E-state index in [4.69, 9.17) is 215 Å². The van der Waals surface area contributed by atoms with Crippen LogP contribution in [0.3, 0.4) is 0 Å². The van der Waals surface area contributed by atoms with Crippen LogP contribution < -0.4 is 0 Å². The highest BCUT2D eigenvalue weighted by molar-refractivity contribution is 6.69. The van der Waals surface area contributed by atoms with Crippen LogP contribution in [0.1, 0.15) is 40.5 Å². The van der Waals surface area contributed by atoms with Crippen molar-refractivity contribution in [3.63, 3.8) is 0 Å². The molecule has 6 aromatic rings. The quantitative estimate of drug-likeness (QED) is 0.126. The molecule has 0 aliphatic heterocycles. The maximum absolute atomic E-state index is 6.93. The van der Waals surface area contributed by atoms with Crippen molar-refractivity contribution in [3.8, 4) is 34.2 Å². The van der Waals surface area contributed by atoms with Crippen molar-refractivity contribution in [1.29, 1.82) is 0 Å². The number of nitrogens with zero attached hydrogens (tertiary/aromatic N) is 10. The van der Waals surface area contributed by atoms with Crippen molar-refractivity contribution in [1.82, 2.24) is 44.9 Å². The van der Waals surface area contributed by atoms with Gasteiger partial charge >= 0.3 is 0 Å². The Morgan fingerprint density at radius 2 is 0.571 bits per heavy atom. The van der Waals surface area contributed by atoms with Gasteiger partial charge < -0.3 is 0 Å². The number of rotatable bonds is 3. The third-order valence-electron chi connectivity index (χ3n) is 7.02. The summed E-state index contributed by atoms with van der Waals surface area (Å²) in [5.41, 5.74) is 3.47. The highest BCUT2D eigenvalue weighted by atomic mass is 35.6. The lowest BCUT2D eigenvalue weighted by Gasteiger charge is -2.15. The Kier molecular flexibility index (Phi) is 19.4. The Morgan fingerprint density at radius 1 is 0.333 bits per heavy atom. The average molecular weight is 1210 g/mol. The van der Waals surface area contributed by atoms with E-state index in [2.05, 4.69) is 49.7 Å². The van der Waals surface area contributed by atoms with Crippen LogP contribution >= 0.6 is 209 Å². The van der Waals surface area contributed by atoms with Gasteiger partial charge in [-0.15, -0.1) is 0 Å². The van der Waals surface area contributed by atoms with Crippen LogP contribution in [-0.2, 0) is 22.8 Å². The first kappa shape index (κ1) is 55.0. The van der Waals surface area contributed by atoms with Crippen LogP contribution in [0.25, 0.3) is 39.0 Å². The number of benzene rings is 3. The lowest BCUT2D eigenvalue weighted by atomic mass is 10.1. The predicted molar refractivity (Wildman–Crippen MR) is 262 cm³/mol. The summed E-state index contributed by atoms with van der Waals surface area (Å²) in [6.07, 6.45) is 0. The Bertz CT molecular complexity index is 2450. The summed E-state index contributed by atoms with van der Waals surface area (Å²) in [7, 11) is 0. The number of halogens is 18. The van der Waals surface area contributed by atoms with Crippen LogP contribution in [-0.4, -0.2) is 44.9 Å². The fraction of sp³-hybridized carbons (Fsp3) is 0.200. The summed E-state index contributed by atoms with van der Waals surface area (Å²) in [5, 5.41) is 0. The molecule has 0 unspecified atom stereocenters. The second kappa shape index (κ2) is 22.2. The molecule has 0 aliphatic carbocycles. The van der Waals surface area contributed by atoms with Gasteiger partial charge in [0.2, 0.25) is 22.8 Å². The summed E-state index contributed by atoms with van der Waals surface area (Å²) in [6.45, 7) is 8.88. The molecule has 28 heteroatoms. The van der Waals surface area contributed by atoms with Gasteiger partial charge in [0, 0.05) is 16.7 Å². The molecule has 0 N–H and O–H groups in total. The van der Waals surface area contributed by atoms with Crippen molar-refractivity contribution in [3.05, 3.63) is 131 Å². The minimum atomic E-state index is -1.90. The molecular formula is C35H16Cl18N10. The van der Waals surface area contributed by atoms with E-state index < -0.39 is 22.8 Å². The average Bonchev–Trinajstić information content (AvgIpc) is 3.19. The Balaban J connectivity index is 0.000000208. The van der Waals surface area contributed by atoms with Crippen molar-refractivity contribution < 1.29 is 0 Å². The molecule has 0 atom stereocenters. The highest BCUT2D eigenvalue weighted by Crippen LogP contribution is 2.43. The van der Waals surface area contributed by atoms with Crippen LogP contribution in [0.15, 0.2) is 78.9 Å². The van der Waals surface area contributed by atoms with Crippen LogP contribution in [0.4, 0.5) is 5.69 Å². The number of aryl methyl sites for hydroxylation is 1. The van der Waals surface area contributed by atoms with Gasteiger partial charge in [-0.05, 0) is 6.92 Å². The molecule has 6 rings (SSSR count). The van der Waals surface area contributed by atoms with Crippen LogP contribution in [0, 0.1) is 13.5 Å². The molecule has 0 amide bonds. The second-order valence-corrected chi connectivity index (χ2v) is 25.5. The van der Waals surface area contributed by atoms with Gasteiger partial charge in [0.25, 0.3) is 0 Å². The van der Waals surface area contributed by atoms with E-state index in [1.54, 1.807) is 36.4 Å². The standard InChI is InChI=1S/C12H4Cl6N4.C12H7Cl6N3.C11H5Cl6N3/c1-19-7-4-2-6(3-5-7)8-20-9(11(13,14)15)22-10(21-8)12(16,17)18;1-6-2-4-7(5-3-6)8-19-9(11(13,14)15)21-10(20-8)12(16,17)18;12-10(13,14)8-18-7(6-4-2-1-3-5-6)19-9(20-8)11(15,16)17/h2-5H;2-5H,1H3;1-5H. The Hall–Kier alpha value is -0.600. The number of hydrogen-bond donors (Lipinski definition) is 0. The molecule has 0 saturated carbocycles. The first-order chi connectivity index (χ1) is 28.9. The van der Waals surface area contributed by atoms with Crippen LogP contribution in [0.2, 0.25) is 0 Å². The highest BCUT2D eigenvalue weighted by Gasteiger charge is 2.36. The van der Waals surface area contributed by atoms with E-state index in [9.17, 15) is 0 Å². The van der Waals surface area contributed by atoms with E-state index >= 15 is 0 Å². The topological polar surface area (TPSA) is 120 Å².